The average Bonchev–Trinajstić information content (AvgIpc) is 3.35. The lowest BCUT2D eigenvalue weighted by molar-refractivity contribution is -0.0593. The second-order valence-corrected chi connectivity index (χ2v) is 11.1. The Bertz CT molecular complexity index is 1700. The number of benzene rings is 2. The summed E-state index contributed by atoms with van der Waals surface area (Å²) in [5.41, 5.74) is 2.45. The molecule has 4 heterocycles. The summed E-state index contributed by atoms with van der Waals surface area (Å²) in [4.78, 5) is 28.2. The quantitative estimate of drug-likeness (QED) is 0.242. The van der Waals surface area contributed by atoms with Crippen molar-refractivity contribution in [3.63, 3.8) is 0 Å². The maximum Gasteiger partial charge on any atom is 0.337 e. The van der Waals surface area contributed by atoms with Gasteiger partial charge in [-0.3, -0.25) is 4.90 Å². The fourth-order valence-electron chi connectivity index (χ4n) is 5.59. The van der Waals surface area contributed by atoms with Gasteiger partial charge in [-0.1, -0.05) is 0 Å². The van der Waals surface area contributed by atoms with Crippen molar-refractivity contribution in [3.05, 3.63) is 77.3 Å². The zero-order chi connectivity index (χ0) is 30.6. The second-order valence-electron chi connectivity index (χ2n) is 11.1. The zero-order valence-corrected chi connectivity index (χ0v) is 24.6. The molecule has 11 nitrogen and oxygen atoms in total. The lowest BCUT2D eigenvalue weighted by Gasteiger charge is -2.37. The van der Waals surface area contributed by atoms with Crippen molar-refractivity contribution in [1.82, 2.24) is 24.4 Å². The minimum Gasteiger partial charge on any atom is -0.483 e. The molecule has 228 valence electrons. The van der Waals surface area contributed by atoms with E-state index in [1.807, 2.05) is 18.2 Å². The number of nitrogens with zero attached hydrogens (tertiary/aromatic N) is 6. The van der Waals surface area contributed by atoms with Gasteiger partial charge in [0.2, 0.25) is 5.88 Å². The van der Waals surface area contributed by atoms with E-state index < -0.39 is 5.82 Å². The third-order valence-electron chi connectivity index (χ3n) is 8.12. The van der Waals surface area contributed by atoms with E-state index >= 15 is 0 Å². The molecule has 0 spiro atoms. The van der Waals surface area contributed by atoms with Gasteiger partial charge >= 0.3 is 5.97 Å². The highest BCUT2D eigenvalue weighted by Gasteiger charge is 2.29. The number of hydrogen-bond acceptors (Lipinski definition) is 10. The highest BCUT2D eigenvalue weighted by Crippen LogP contribution is 2.27. The molecule has 0 radical (unpaired) electrons. The van der Waals surface area contributed by atoms with Gasteiger partial charge in [0.1, 0.15) is 18.5 Å². The molecule has 2 fully saturated rings. The van der Waals surface area contributed by atoms with Crippen LogP contribution in [0.1, 0.15) is 53.8 Å². The van der Waals surface area contributed by atoms with Gasteiger partial charge in [-0.2, -0.15) is 10.2 Å². The first kappa shape index (κ1) is 29.5. The smallest absolute Gasteiger partial charge is 0.337 e. The van der Waals surface area contributed by atoms with E-state index in [9.17, 15) is 9.18 Å². The average molecular weight is 601 g/mol. The van der Waals surface area contributed by atoms with Crippen LogP contribution >= 0.6 is 0 Å². The fourth-order valence-corrected chi connectivity index (χ4v) is 5.59. The molecular weight excluding hydrogens is 567 g/mol. The Hall–Kier alpha value is -4.60. The molecule has 0 unspecified atom stereocenters. The van der Waals surface area contributed by atoms with E-state index in [0.717, 1.165) is 55.3 Å². The minimum absolute atomic E-state index is 0.0257. The summed E-state index contributed by atoms with van der Waals surface area (Å²) in [5.74, 6) is 0.769. The molecule has 12 heteroatoms. The number of nitriles is 1. The lowest BCUT2D eigenvalue weighted by Crippen LogP contribution is -2.44. The van der Waals surface area contributed by atoms with E-state index in [1.54, 1.807) is 18.3 Å². The Morgan fingerprint density at radius 3 is 2.77 bits per heavy atom. The first-order valence-corrected chi connectivity index (χ1v) is 14.6. The van der Waals surface area contributed by atoms with Crippen molar-refractivity contribution in [1.29, 1.82) is 5.26 Å². The van der Waals surface area contributed by atoms with Crippen molar-refractivity contribution in [3.8, 4) is 17.7 Å². The number of ether oxygens (including phenoxy) is 4. The molecule has 2 saturated heterocycles. The Morgan fingerprint density at radius 1 is 1.18 bits per heavy atom. The number of carbonyl (C=O) groups excluding carboxylic acids is 1. The predicted octanol–water partition coefficient (Wildman–Crippen LogP) is 4.42. The third-order valence-corrected chi connectivity index (χ3v) is 8.12. The first-order valence-electron chi connectivity index (χ1n) is 14.6. The van der Waals surface area contributed by atoms with Crippen molar-refractivity contribution < 1.29 is 28.1 Å². The van der Waals surface area contributed by atoms with E-state index in [1.165, 1.54) is 19.2 Å². The molecule has 6 rings (SSSR count). The van der Waals surface area contributed by atoms with Crippen LogP contribution in [0.2, 0.25) is 0 Å². The number of esters is 1. The summed E-state index contributed by atoms with van der Waals surface area (Å²) in [6, 6.07) is 13.3. The van der Waals surface area contributed by atoms with Gasteiger partial charge in [0.15, 0.2) is 17.4 Å². The maximum atomic E-state index is 14.2. The van der Waals surface area contributed by atoms with Crippen LogP contribution < -0.4 is 9.47 Å². The Labute approximate surface area is 254 Å². The predicted molar refractivity (Wildman–Crippen MR) is 156 cm³/mol. The molecule has 0 amide bonds. The Morgan fingerprint density at radius 2 is 2.05 bits per heavy atom. The Balaban J connectivity index is 1.09. The number of methoxy groups -OCH3 is 1. The maximum absolute atomic E-state index is 14.2. The molecular formula is C32H33FN6O5. The molecule has 2 aliphatic heterocycles. The van der Waals surface area contributed by atoms with Crippen molar-refractivity contribution in [2.24, 2.45) is 0 Å². The molecule has 2 aliphatic rings. The third kappa shape index (κ3) is 6.49. The van der Waals surface area contributed by atoms with Crippen LogP contribution in [0.25, 0.3) is 11.0 Å². The lowest BCUT2D eigenvalue weighted by atomic mass is 10.0. The number of aromatic nitrogens is 4. The number of hydrogen-bond donors (Lipinski definition) is 0. The standard InChI is InChI=1S/C32H33FN6O5/c1-20-13-23(44-31-7-10-35-29(37-31)19-43-28-6-3-21(16-34)14-25(28)33)8-11-38(20)18-30-36-26-5-4-22(32(40)41-2)15-27(26)39(30)17-24-9-12-42-24/h3-7,10,14-15,20,23-24H,8-9,11-13,17-19H2,1-2H3/t20-,23-,24-/m0/s1. The van der Waals surface area contributed by atoms with E-state index in [4.69, 9.17) is 29.2 Å². The van der Waals surface area contributed by atoms with Gasteiger partial charge < -0.3 is 23.5 Å². The molecule has 2 aromatic heterocycles. The zero-order valence-electron chi connectivity index (χ0n) is 24.6. The second kappa shape index (κ2) is 13.0. The normalized spacial score (nSPS) is 20.1. The number of rotatable bonds is 10. The molecule has 0 saturated carbocycles. The molecule has 3 atom stereocenters. The van der Waals surface area contributed by atoms with Crippen LogP contribution in [-0.2, 0) is 29.2 Å². The minimum atomic E-state index is -0.616. The van der Waals surface area contributed by atoms with Crippen molar-refractivity contribution >= 4 is 17.0 Å². The summed E-state index contributed by atoms with van der Waals surface area (Å²) >= 11 is 0. The van der Waals surface area contributed by atoms with Gasteiger partial charge in [-0.15, -0.1) is 0 Å². The summed E-state index contributed by atoms with van der Waals surface area (Å²) in [5, 5.41) is 8.92. The van der Waals surface area contributed by atoms with Gasteiger partial charge in [-0.05, 0) is 62.6 Å². The van der Waals surface area contributed by atoms with Crippen LogP contribution in [0, 0.1) is 17.1 Å². The fraction of sp³-hybridized carbons (Fsp3) is 0.406. The number of likely N-dealkylation sites (tertiary alicyclic amines) is 1. The number of fused-ring (bicyclic) bond motifs is 1. The van der Waals surface area contributed by atoms with E-state index in [0.29, 0.717) is 30.4 Å². The van der Waals surface area contributed by atoms with E-state index in [2.05, 4.69) is 26.4 Å². The van der Waals surface area contributed by atoms with Gasteiger partial charge in [-0.25, -0.2) is 19.2 Å². The monoisotopic (exact) mass is 600 g/mol. The number of halogens is 1. The molecule has 0 N–H and O–H groups in total. The van der Waals surface area contributed by atoms with E-state index in [-0.39, 0.29) is 42.1 Å². The summed E-state index contributed by atoms with van der Waals surface area (Å²) < 4.78 is 38.8. The number of imidazole rings is 1. The summed E-state index contributed by atoms with van der Waals surface area (Å²) in [7, 11) is 1.38. The first-order chi connectivity index (χ1) is 21.4. The van der Waals surface area contributed by atoms with Crippen LogP contribution in [0.4, 0.5) is 4.39 Å². The highest BCUT2D eigenvalue weighted by molar-refractivity contribution is 5.93. The molecule has 0 aliphatic carbocycles. The van der Waals surface area contributed by atoms with Crippen LogP contribution in [-0.4, -0.2) is 68.9 Å². The van der Waals surface area contributed by atoms with Crippen molar-refractivity contribution in [2.75, 3.05) is 20.3 Å². The SMILES string of the molecule is COC(=O)c1ccc2nc(CN3CC[C@H](Oc4ccnc(COc5ccc(C#N)cc5F)n4)C[C@@H]3C)n(C[C@@H]3CCO3)c2c1. The van der Waals surface area contributed by atoms with Crippen LogP contribution in [0.3, 0.4) is 0 Å². The number of piperidine rings is 1. The largest absolute Gasteiger partial charge is 0.483 e. The molecule has 4 aromatic rings. The van der Waals surface area contributed by atoms with Crippen LogP contribution in [0.15, 0.2) is 48.7 Å². The van der Waals surface area contributed by atoms with Gasteiger partial charge in [0.25, 0.3) is 0 Å². The van der Waals surface area contributed by atoms with Crippen molar-refractivity contribution in [2.45, 2.75) is 64.1 Å². The molecule has 0 bridgehead atoms. The van der Waals surface area contributed by atoms with Crippen LogP contribution in [0.5, 0.6) is 11.6 Å². The van der Waals surface area contributed by atoms with Gasteiger partial charge in [0, 0.05) is 31.5 Å². The highest BCUT2D eigenvalue weighted by atomic mass is 19.1. The summed E-state index contributed by atoms with van der Waals surface area (Å²) in [6.07, 6.45) is 4.29. The van der Waals surface area contributed by atoms with Gasteiger partial charge in [0.05, 0.1) is 54.5 Å². The molecule has 44 heavy (non-hydrogen) atoms. The number of carbonyl (C=O) groups is 1. The Kier molecular flexibility index (Phi) is 8.67. The summed E-state index contributed by atoms with van der Waals surface area (Å²) in [6.45, 7) is 5.05. The molecule has 2 aromatic carbocycles. The topological polar surface area (TPSA) is 125 Å².